The molecule has 0 bridgehead atoms. The summed E-state index contributed by atoms with van der Waals surface area (Å²) in [6.07, 6.45) is 1.47. The van der Waals surface area contributed by atoms with Crippen molar-refractivity contribution in [3.8, 4) is 0 Å². The summed E-state index contributed by atoms with van der Waals surface area (Å²) in [6, 6.07) is 0. The number of fused-ring (bicyclic) bond motifs is 1. The van der Waals surface area contributed by atoms with Crippen LogP contribution in [0.15, 0.2) is 0 Å². The van der Waals surface area contributed by atoms with E-state index in [0.29, 0.717) is 0 Å². The second kappa shape index (κ2) is 2.22. The van der Waals surface area contributed by atoms with E-state index in [1.807, 2.05) is 0 Å². The van der Waals surface area contributed by atoms with Crippen LogP contribution in [-0.2, 0) is 4.74 Å². The van der Waals surface area contributed by atoms with Gasteiger partial charge in [0.1, 0.15) is 0 Å². The first-order valence-corrected chi connectivity index (χ1v) is 4.87. The van der Waals surface area contributed by atoms with E-state index in [2.05, 4.69) is 4.90 Å². The number of piperidine rings is 1. The molecule has 2 unspecified atom stereocenters. The van der Waals surface area contributed by atoms with E-state index in [0.717, 1.165) is 31.6 Å². The third-order valence-electron chi connectivity index (χ3n) is 3.77. The van der Waals surface area contributed by atoms with E-state index >= 15 is 0 Å². The quantitative estimate of drug-likeness (QED) is 0.613. The molecule has 3 rings (SSSR count). The molecule has 3 nitrogen and oxygen atoms in total. The van der Waals surface area contributed by atoms with Gasteiger partial charge in [-0.3, -0.25) is 4.90 Å². The van der Waals surface area contributed by atoms with Crippen LogP contribution in [0, 0.1) is 11.8 Å². The van der Waals surface area contributed by atoms with Crippen molar-refractivity contribution in [2.24, 2.45) is 17.6 Å². The number of nitrogens with two attached hydrogens (primary N) is 1. The summed E-state index contributed by atoms with van der Waals surface area (Å²) in [7, 11) is 0. The molecule has 0 aromatic heterocycles. The molecule has 3 aliphatic rings. The molecule has 3 fully saturated rings. The molecule has 2 aliphatic heterocycles. The molecule has 68 valence electrons. The van der Waals surface area contributed by atoms with Gasteiger partial charge in [-0.15, -0.1) is 0 Å². The Morgan fingerprint density at radius 1 is 1.33 bits per heavy atom. The molecule has 0 amide bonds. The summed E-state index contributed by atoms with van der Waals surface area (Å²) in [6.45, 7) is 5.06. The van der Waals surface area contributed by atoms with Crippen LogP contribution in [-0.4, -0.2) is 43.3 Å². The Morgan fingerprint density at radius 3 is 2.42 bits per heavy atom. The lowest BCUT2D eigenvalue weighted by Gasteiger charge is -2.48. The van der Waals surface area contributed by atoms with E-state index in [-0.39, 0.29) is 5.54 Å². The molecule has 12 heavy (non-hydrogen) atoms. The smallest absolute Gasteiger partial charge is 0.0802 e. The zero-order chi connectivity index (χ0) is 8.18. The fourth-order valence-electron chi connectivity index (χ4n) is 2.55. The Bertz CT molecular complexity index is 187. The SMILES string of the molecule is NCC1(N2CC3CC3C2)COC1. The first-order valence-electron chi connectivity index (χ1n) is 4.87. The molecule has 1 saturated carbocycles. The molecule has 0 aromatic rings. The molecule has 2 N–H and O–H groups in total. The lowest BCUT2D eigenvalue weighted by Crippen LogP contribution is -2.66. The van der Waals surface area contributed by atoms with Gasteiger partial charge in [0.25, 0.3) is 0 Å². The van der Waals surface area contributed by atoms with Crippen molar-refractivity contribution in [1.29, 1.82) is 0 Å². The van der Waals surface area contributed by atoms with Crippen molar-refractivity contribution in [1.82, 2.24) is 4.90 Å². The molecule has 2 saturated heterocycles. The van der Waals surface area contributed by atoms with Gasteiger partial charge in [0.2, 0.25) is 0 Å². The average Bonchev–Trinajstić information content (AvgIpc) is 2.58. The Morgan fingerprint density at radius 2 is 2.00 bits per heavy atom. The van der Waals surface area contributed by atoms with E-state index in [1.165, 1.54) is 19.5 Å². The van der Waals surface area contributed by atoms with Crippen LogP contribution in [0.1, 0.15) is 6.42 Å². The monoisotopic (exact) mass is 168 g/mol. The van der Waals surface area contributed by atoms with Crippen molar-refractivity contribution in [2.45, 2.75) is 12.0 Å². The predicted molar refractivity (Wildman–Crippen MR) is 45.8 cm³/mol. The second-order valence-corrected chi connectivity index (χ2v) is 4.58. The highest BCUT2D eigenvalue weighted by atomic mass is 16.5. The van der Waals surface area contributed by atoms with Crippen molar-refractivity contribution in [3.05, 3.63) is 0 Å². The van der Waals surface area contributed by atoms with E-state index in [1.54, 1.807) is 0 Å². The molecule has 2 heterocycles. The van der Waals surface area contributed by atoms with E-state index < -0.39 is 0 Å². The molecule has 0 spiro atoms. The van der Waals surface area contributed by atoms with Crippen molar-refractivity contribution in [2.75, 3.05) is 32.8 Å². The zero-order valence-electron chi connectivity index (χ0n) is 7.33. The Kier molecular flexibility index (Phi) is 1.35. The molecule has 0 aromatic carbocycles. The number of likely N-dealkylation sites (tertiary alicyclic amines) is 1. The Labute approximate surface area is 72.9 Å². The number of rotatable bonds is 2. The summed E-state index contributed by atoms with van der Waals surface area (Å²) in [4.78, 5) is 2.56. The van der Waals surface area contributed by atoms with Gasteiger partial charge in [0, 0.05) is 19.6 Å². The summed E-state index contributed by atoms with van der Waals surface area (Å²) >= 11 is 0. The third kappa shape index (κ3) is 0.817. The molecule has 0 radical (unpaired) electrons. The lowest BCUT2D eigenvalue weighted by atomic mass is 9.95. The number of nitrogens with zero attached hydrogens (tertiary/aromatic N) is 1. The summed E-state index contributed by atoms with van der Waals surface area (Å²) in [5.41, 5.74) is 6.03. The van der Waals surface area contributed by atoms with Gasteiger partial charge in [0.15, 0.2) is 0 Å². The standard InChI is InChI=1S/C9H16N2O/c10-4-9(5-12-6-9)11-2-7-1-8(7)3-11/h7-8H,1-6,10H2. The van der Waals surface area contributed by atoms with Crippen molar-refractivity contribution < 1.29 is 4.74 Å². The summed E-state index contributed by atoms with van der Waals surface area (Å²) < 4.78 is 5.27. The topological polar surface area (TPSA) is 38.5 Å². The average molecular weight is 168 g/mol. The van der Waals surface area contributed by atoms with Crippen LogP contribution in [0.25, 0.3) is 0 Å². The van der Waals surface area contributed by atoms with Gasteiger partial charge >= 0.3 is 0 Å². The maximum absolute atomic E-state index is 5.79. The number of hydrogen-bond donors (Lipinski definition) is 1. The predicted octanol–water partition coefficient (Wildman–Crippen LogP) is -0.334. The Hall–Kier alpha value is -0.120. The highest BCUT2D eigenvalue weighted by Gasteiger charge is 2.53. The molecular weight excluding hydrogens is 152 g/mol. The van der Waals surface area contributed by atoms with Gasteiger partial charge in [-0.1, -0.05) is 0 Å². The molecule has 2 atom stereocenters. The van der Waals surface area contributed by atoms with Crippen LogP contribution in [0.4, 0.5) is 0 Å². The van der Waals surface area contributed by atoms with Gasteiger partial charge in [-0.05, 0) is 18.3 Å². The molecular formula is C9H16N2O. The Balaban J connectivity index is 1.71. The molecule has 3 heteroatoms. The highest BCUT2D eigenvalue weighted by Crippen LogP contribution is 2.47. The van der Waals surface area contributed by atoms with Gasteiger partial charge in [-0.2, -0.15) is 0 Å². The van der Waals surface area contributed by atoms with E-state index in [9.17, 15) is 0 Å². The number of ether oxygens (including phenoxy) is 1. The fraction of sp³-hybridized carbons (Fsp3) is 1.00. The molecule has 1 aliphatic carbocycles. The van der Waals surface area contributed by atoms with Crippen LogP contribution in [0.5, 0.6) is 0 Å². The lowest BCUT2D eigenvalue weighted by molar-refractivity contribution is -0.131. The van der Waals surface area contributed by atoms with Crippen molar-refractivity contribution >= 4 is 0 Å². The second-order valence-electron chi connectivity index (χ2n) is 4.58. The van der Waals surface area contributed by atoms with Crippen LogP contribution >= 0.6 is 0 Å². The van der Waals surface area contributed by atoms with Crippen LogP contribution < -0.4 is 5.73 Å². The maximum Gasteiger partial charge on any atom is 0.0802 e. The van der Waals surface area contributed by atoms with Crippen molar-refractivity contribution in [3.63, 3.8) is 0 Å². The normalized spacial score (nSPS) is 43.8. The highest BCUT2D eigenvalue weighted by molar-refractivity contribution is 5.06. The number of hydrogen-bond acceptors (Lipinski definition) is 3. The zero-order valence-corrected chi connectivity index (χ0v) is 7.33. The van der Waals surface area contributed by atoms with Gasteiger partial charge < -0.3 is 10.5 Å². The van der Waals surface area contributed by atoms with Gasteiger partial charge in [0.05, 0.1) is 18.8 Å². The first kappa shape index (κ1) is 7.30. The minimum Gasteiger partial charge on any atom is -0.377 e. The fourth-order valence-corrected chi connectivity index (χ4v) is 2.55. The summed E-state index contributed by atoms with van der Waals surface area (Å²) in [5.74, 6) is 2.02. The third-order valence-corrected chi connectivity index (χ3v) is 3.77. The van der Waals surface area contributed by atoms with Gasteiger partial charge in [-0.25, -0.2) is 0 Å². The van der Waals surface area contributed by atoms with Crippen LogP contribution in [0.2, 0.25) is 0 Å². The minimum absolute atomic E-state index is 0.243. The maximum atomic E-state index is 5.79. The summed E-state index contributed by atoms with van der Waals surface area (Å²) in [5, 5.41) is 0. The minimum atomic E-state index is 0.243. The first-order chi connectivity index (χ1) is 5.84. The largest absolute Gasteiger partial charge is 0.377 e. The van der Waals surface area contributed by atoms with E-state index in [4.69, 9.17) is 10.5 Å². The van der Waals surface area contributed by atoms with Crippen LogP contribution in [0.3, 0.4) is 0 Å².